The summed E-state index contributed by atoms with van der Waals surface area (Å²) in [5, 5.41) is 0. The first-order valence-corrected chi connectivity index (χ1v) is 5.90. The minimum Gasteiger partial charge on any atom is -0.343 e. The number of likely N-dealkylation sites (N-methyl/N-ethyl adjacent to an activating group) is 1. The summed E-state index contributed by atoms with van der Waals surface area (Å²) in [5.74, 6) is 0.260. The summed E-state index contributed by atoms with van der Waals surface area (Å²) in [6.45, 7) is 2.51. The van der Waals surface area contributed by atoms with E-state index < -0.39 is 0 Å². The third-order valence-corrected chi connectivity index (χ3v) is 3.74. The van der Waals surface area contributed by atoms with Crippen LogP contribution in [0.5, 0.6) is 0 Å². The van der Waals surface area contributed by atoms with Crippen LogP contribution in [0.3, 0.4) is 0 Å². The molecule has 2 N–H and O–H groups in total. The van der Waals surface area contributed by atoms with Crippen molar-refractivity contribution in [1.29, 1.82) is 0 Å². The predicted octanol–water partition coefficient (Wildman–Crippen LogP) is 0.0303. The van der Waals surface area contributed by atoms with Gasteiger partial charge in [-0.15, -0.1) is 0 Å². The molecule has 2 aliphatic rings. The fraction of sp³-hybridized carbons (Fsp3) is 0.909. The van der Waals surface area contributed by atoms with Gasteiger partial charge in [0.05, 0.1) is 6.54 Å². The molecule has 0 unspecified atom stereocenters. The van der Waals surface area contributed by atoms with Crippen molar-refractivity contribution in [1.82, 2.24) is 9.80 Å². The monoisotopic (exact) mass is 211 g/mol. The van der Waals surface area contributed by atoms with Gasteiger partial charge in [-0.05, 0) is 25.7 Å². The fourth-order valence-corrected chi connectivity index (χ4v) is 2.56. The molecule has 0 aromatic heterocycles. The Labute approximate surface area is 91.4 Å². The first kappa shape index (κ1) is 10.9. The third kappa shape index (κ3) is 2.49. The Balaban J connectivity index is 1.86. The molecule has 0 bridgehead atoms. The summed E-state index contributed by atoms with van der Waals surface area (Å²) < 4.78 is 0. The molecule has 86 valence electrons. The molecule has 2 rings (SSSR count). The Bertz CT molecular complexity index is 236. The Morgan fingerprint density at radius 2 is 1.87 bits per heavy atom. The smallest absolute Gasteiger partial charge is 0.236 e. The molecule has 0 aromatic carbocycles. The summed E-state index contributed by atoms with van der Waals surface area (Å²) in [7, 11) is 1.89. The largest absolute Gasteiger partial charge is 0.343 e. The van der Waals surface area contributed by atoms with Crippen molar-refractivity contribution in [3.05, 3.63) is 0 Å². The van der Waals surface area contributed by atoms with E-state index in [-0.39, 0.29) is 5.91 Å². The summed E-state index contributed by atoms with van der Waals surface area (Å²) in [4.78, 5) is 15.7. The Morgan fingerprint density at radius 1 is 1.20 bits per heavy atom. The molecule has 0 aromatic rings. The zero-order chi connectivity index (χ0) is 10.8. The van der Waals surface area contributed by atoms with Crippen LogP contribution in [0.25, 0.3) is 0 Å². The standard InChI is InChI=1S/C11H21N3O/c1-13-6-7-14(8-11(13)15)10-4-2-9(12)3-5-10/h9-10H,2-8,12H2,1H3. The van der Waals surface area contributed by atoms with Gasteiger partial charge in [0.25, 0.3) is 0 Å². The van der Waals surface area contributed by atoms with Crippen LogP contribution < -0.4 is 5.73 Å². The van der Waals surface area contributed by atoms with Crippen LogP contribution in [-0.2, 0) is 4.79 Å². The van der Waals surface area contributed by atoms with E-state index in [4.69, 9.17) is 5.73 Å². The van der Waals surface area contributed by atoms with Gasteiger partial charge in [-0.2, -0.15) is 0 Å². The van der Waals surface area contributed by atoms with Crippen LogP contribution in [0.4, 0.5) is 0 Å². The van der Waals surface area contributed by atoms with Crippen LogP contribution in [0.15, 0.2) is 0 Å². The molecule has 1 aliphatic heterocycles. The first-order valence-electron chi connectivity index (χ1n) is 5.90. The van der Waals surface area contributed by atoms with Gasteiger partial charge in [0.1, 0.15) is 0 Å². The minimum absolute atomic E-state index is 0.260. The molecule has 1 aliphatic carbocycles. The average Bonchev–Trinajstić information content (AvgIpc) is 2.23. The molecule has 1 heterocycles. The van der Waals surface area contributed by atoms with Crippen molar-refractivity contribution >= 4 is 5.91 Å². The predicted molar refractivity (Wildman–Crippen MR) is 59.4 cm³/mol. The normalized spacial score (nSPS) is 34.5. The van der Waals surface area contributed by atoms with Gasteiger partial charge in [0.2, 0.25) is 5.91 Å². The van der Waals surface area contributed by atoms with Gasteiger partial charge in [-0.1, -0.05) is 0 Å². The maximum atomic E-state index is 11.6. The summed E-state index contributed by atoms with van der Waals surface area (Å²) in [6, 6.07) is 0.992. The lowest BCUT2D eigenvalue weighted by Crippen LogP contribution is -2.53. The Morgan fingerprint density at radius 3 is 2.47 bits per heavy atom. The van der Waals surface area contributed by atoms with Gasteiger partial charge in [-0.3, -0.25) is 9.69 Å². The lowest BCUT2D eigenvalue weighted by atomic mass is 9.90. The molecule has 1 amide bonds. The number of nitrogens with zero attached hydrogens (tertiary/aromatic N) is 2. The number of hydrogen-bond acceptors (Lipinski definition) is 3. The molecule has 2 fully saturated rings. The number of nitrogens with two attached hydrogens (primary N) is 1. The van der Waals surface area contributed by atoms with Crippen molar-refractivity contribution in [2.24, 2.45) is 5.73 Å². The highest BCUT2D eigenvalue weighted by atomic mass is 16.2. The quantitative estimate of drug-likeness (QED) is 0.666. The zero-order valence-corrected chi connectivity index (χ0v) is 9.48. The summed E-state index contributed by atoms with van der Waals surface area (Å²) in [6.07, 6.45) is 4.56. The van der Waals surface area contributed by atoms with Crippen LogP contribution in [0.1, 0.15) is 25.7 Å². The average molecular weight is 211 g/mol. The van der Waals surface area contributed by atoms with Gasteiger partial charge in [0.15, 0.2) is 0 Å². The number of piperazine rings is 1. The van der Waals surface area contributed by atoms with Crippen molar-refractivity contribution in [2.75, 3.05) is 26.7 Å². The number of amides is 1. The molecular formula is C11H21N3O. The maximum absolute atomic E-state index is 11.6. The van der Waals surface area contributed by atoms with Crippen molar-refractivity contribution in [3.8, 4) is 0 Å². The topological polar surface area (TPSA) is 49.6 Å². The summed E-state index contributed by atoms with van der Waals surface area (Å²) in [5.41, 5.74) is 5.88. The summed E-state index contributed by atoms with van der Waals surface area (Å²) >= 11 is 0. The highest BCUT2D eigenvalue weighted by Crippen LogP contribution is 2.22. The van der Waals surface area contributed by atoms with Gasteiger partial charge in [-0.25, -0.2) is 0 Å². The Hall–Kier alpha value is -0.610. The maximum Gasteiger partial charge on any atom is 0.236 e. The second-order valence-electron chi connectivity index (χ2n) is 4.85. The molecule has 1 saturated heterocycles. The van der Waals surface area contributed by atoms with Crippen molar-refractivity contribution in [3.63, 3.8) is 0 Å². The van der Waals surface area contributed by atoms with Crippen LogP contribution >= 0.6 is 0 Å². The number of carbonyl (C=O) groups is 1. The van der Waals surface area contributed by atoms with E-state index in [1.54, 1.807) is 0 Å². The van der Waals surface area contributed by atoms with Crippen molar-refractivity contribution in [2.45, 2.75) is 37.8 Å². The minimum atomic E-state index is 0.260. The first-order chi connectivity index (χ1) is 7.16. The lowest BCUT2D eigenvalue weighted by Gasteiger charge is -2.40. The lowest BCUT2D eigenvalue weighted by molar-refractivity contribution is -0.135. The van der Waals surface area contributed by atoms with E-state index in [1.165, 1.54) is 0 Å². The van der Waals surface area contributed by atoms with Gasteiger partial charge < -0.3 is 10.6 Å². The number of carbonyl (C=O) groups excluding carboxylic acids is 1. The van der Waals surface area contributed by atoms with E-state index in [2.05, 4.69) is 4.90 Å². The molecule has 1 saturated carbocycles. The second kappa shape index (κ2) is 4.49. The van der Waals surface area contributed by atoms with Crippen molar-refractivity contribution < 1.29 is 4.79 Å². The third-order valence-electron chi connectivity index (χ3n) is 3.74. The molecule has 0 atom stereocenters. The highest BCUT2D eigenvalue weighted by Gasteiger charge is 2.29. The molecular weight excluding hydrogens is 190 g/mol. The molecule has 4 heteroatoms. The van der Waals surface area contributed by atoms with E-state index in [0.717, 1.165) is 38.8 Å². The number of rotatable bonds is 1. The molecule has 0 spiro atoms. The molecule has 15 heavy (non-hydrogen) atoms. The van der Waals surface area contributed by atoms with Crippen LogP contribution in [0, 0.1) is 0 Å². The molecule has 0 radical (unpaired) electrons. The Kier molecular flexibility index (Phi) is 3.26. The highest BCUT2D eigenvalue weighted by molar-refractivity contribution is 5.78. The van der Waals surface area contributed by atoms with Crippen LogP contribution in [0.2, 0.25) is 0 Å². The van der Waals surface area contributed by atoms with E-state index in [0.29, 0.717) is 18.6 Å². The van der Waals surface area contributed by atoms with E-state index in [9.17, 15) is 4.79 Å². The SMILES string of the molecule is CN1CCN(C2CCC(N)CC2)CC1=O. The van der Waals surface area contributed by atoms with Gasteiger partial charge in [0, 0.05) is 32.2 Å². The fourth-order valence-electron chi connectivity index (χ4n) is 2.56. The van der Waals surface area contributed by atoms with Crippen LogP contribution in [-0.4, -0.2) is 54.5 Å². The molecule has 4 nitrogen and oxygen atoms in total. The van der Waals surface area contributed by atoms with E-state index >= 15 is 0 Å². The van der Waals surface area contributed by atoms with E-state index in [1.807, 2.05) is 11.9 Å². The van der Waals surface area contributed by atoms with Gasteiger partial charge >= 0.3 is 0 Å². The second-order valence-corrected chi connectivity index (χ2v) is 4.85. The zero-order valence-electron chi connectivity index (χ0n) is 9.48. The number of hydrogen-bond donors (Lipinski definition) is 1.